The van der Waals surface area contributed by atoms with Gasteiger partial charge in [0, 0.05) is 24.6 Å². The number of hydrogen-bond acceptors (Lipinski definition) is 2. The summed E-state index contributed by atoms with van der Waals surface area (Å²) in [5.41, 5.74) is 1.21. The van der Waals surface area contributed by atoms with Crippen molar-refractivity contribution < 1.29 is 5.11 Å². The van der Waals surface area contributed by atoms with Gasteiger partial charge < -0.3 is 10.4 Å². The van der Waals surface area contributed by atoms with Crippen molar-refractivity contribution in [3.63, 3.8) is 0 Å². The van der Waals surface area contributed by atoms with Crippen molar-refractivity contribution in [1.29, 1.82) is 0 Å². The predicted molar refractivity (Wildman–Crippen MR) is 81.2 cm³/mol. The van der Waals surface area contributed by atoms with E-state index in [1.165, 1.54) is 16.3 Å². The zero-order valence-corrected chi connectivity index (χ0v) is 12.0. The molecule has 0 aliphatic rings. The van der Waals surface area contributed by atoms with Gasteiger partial charge in [0.1, 0.15) is 0 Å². The fourth-order valence-electron chi connectivity index (χ4n) is 2.08. The highest BCUT2D eigenvalue weighted by Crippen LogP contribution is 2.21. The molecule has 0 radical (unpaired) electrons. The number of nitrogens with one attached hydrogen (secondary N) is 1. The zero-order chi connectivity index (χ0) is 13.9. The third-order valence-electron chi connectivity index (χ3n) is 3.59. The van der Waals surface area contributed by atoms with E-state index in [0.29, 0.717) is 0 Å². The van der Waals surface area contributed by atoms with Crippen LogP contribution in [0.4, 0.5) is 0 Å². The Labute approximate surface area is 115 Å². The van der Waals surface area contributed by atoms with Gasteiger partial charge in [0.15, 0.2) is 0 Å². The van der Waals surface area contributed by atoms with Gasteiger partial charge in [-0.3, -0.25) is 0 Å². The fourth-order valence-corrected chi connectivity index (χ4v) is 2.08. The summed E-state index contributed by atoms with van der Waals surface area (Å²) < 4.78 is 0. The Morgan fingerprint density at radius 3 is 2.47 bits per heavy atom. The average molecular weight is 257 g/mol. The van der Waals surface area contributed by atoms with Crippen LogP contribution < -0.4 is 5.32 Å². The van der Waals surface area contributed by atoms with Crippen LogP contribution in [0.1, 0.15) is 32.4 Å². The Bertz CT molecular complexity index is 548. The van der Waals surface area contributed by atoms with Gasteiger partial charge in [-0.25, -0.2) is 0 Å². The van der Waals surface area contributed by atoms with Gasteiger partial charge >= 0.3 is 0 Å². The van der Waals surface area contributed by atoms with E-state index in [4.69, 9.17) is 0 Å². The van der Waals surface area contributed by atoms with Gasteiger partial charge in [-0.1, -0.05) is 50.2 Å². The van der Waals surface area contributed by atoms with E-state index in [9.17, 15) is 5.11 Å². The first kappa shape index (κ1) is 14.0. The Balaban J connectivity index is 2.11. The van der Waals surface area contributed by atoms with E-state index in [1.807, 2.05) is 0 Å². The van der Waals surface area contributed by atoms with Gasteiger partial charge in [-0.05, 0) is 29.3 Å². The van der Waals surface area contributed by atoms with E-state index >= 15 is 0 Å². The second-order valence-electron chi connectivity index (χ2n) is 6.03. The molecule has 0 aromatic heterocycles. The second-order valence-corrected chi connectivity index (χ2v) is 6.03. The Morgan fingerprint density at radius 2 is 1.79 bits per heavy atom. The lowest BCUT2D eigenvalue weighted by atomic mass is 9.94. The molecule has 2 nitrogen and oxygen atoms in total. The van der Waals surface area contributed by atoms with Crippen LogP contribution in [0.25, 0.3) is 10.8 Å². The lowest BCUT2D eigenvalue weighted by Gasteiger charge is -2.25. The highest BCUT2D eigenvalue weighted by molar-refractivity contribution is 5.83. The Hall–Kier alpha value is -1.38. The molecule has 2 N–H and O–H groups in total. The van der Waals surface area contributed by atoms with Crippen LogP contribution >= 0.6 is 0 Å². The highest BCUT2D eigenvalue weighted by Gasteiger charge is 2.17. The maximum Gasteiger partial charge on any atom is 0.0494 e. The van der Waals surface area contributed by atoms with Crippen molar-refractivity contribution in [1.82, 2.24) is 5.32 Å². The van der Waals surface area contributed by atoms with Crippen molar-refractivity contribution in [2.75, 3.05) is 13.2 Å². The number of fused-ring (bicyclic) bond motifs is 1. The van der Waals surface area contributed by atoms with E-state index in [-0.39, 0.29) is 18.1 Å². The van der Waals surface area contributed by atoms with Crippen LogP contribution in [0.3, 0.4) is 0 Å². The molecule has 102 valence electrons. The van der Waals surface area contributed by atoms with E-state index in [0.717, 1.165) is 6.54 Å². The molecule has 0 spiro atoms. The van der Waals surface area contributed by atoms with Crippen LogP contribution in [0.2, 0.25) is 0 Å². The summed E-state index contributed by atoms with van der Waals surface area (Å²) in [6.45, 7) is 7.29. The zero-order valence-electron chi connectivity index (χ0n) is 12.0. The van der Waals surface area contributed by atoms with Crippen LogP contribution in [-0.4, -0.2) is 18.3 Å². The van der Waals surface area contributed by atoms with Crippen molar-refractivity contribution in [2.45, 2.75) is 26.8 Å². The highest BCUT2D eigenvalue weighted by atomic mass is 16.3. The molecule has 0 saturated carbocycles. The smallest absolute Gasteiger partial charge is 0.0494 e. The SMILES string of the molecule is CC(NCC(C)(C)CO)c1ccc2ccccc2c1. The van der Waals surface area contributed by atoms with Crippen molar-refractivity contribution in [2.24, 2.45) is 5.41 Å². The summed E-state index contributed by atoms with van der Waals surface area (Å²) in [5, 5.41) is 15.3. The van der Waals surface area contributed by atoms with E-state index in [1.54, 1.807) is 0 Å². The molecular formula is C17H23NO. The van der Waals surface area contributed by atoms with Gasteiger partial charge in [-0.15, -0.1) is 0 Å². The third-order valence-corrected chi connectivity index (χ3v) is 3.59. The Morgan fingerprint density at radius 1 is 1.11 bits per heavy atom. The van der Waals surface area contributed by atoms with E-state index < -0.39 is 0 Å². The standard InChI is InChI=1S/C17H23NO/c1-13(18-11-17(2,3)12-19)15-9-8-14-6-4-5-7-16(14)10-15/h4-10,13,18-19H,11-12H2,1-3H3. The maximum atomic E-state index is 9.28. The molecule has 2 aromatic rings. The molecule has 2 heteroatoms. The minimum atomic E-state index is -0.0783. The minimum Gasteiger partial charge on any atom is -0.396 e. The lowest BCUT2D eigenvalue weighted by Crippen LogP contribution is -2.33. The van der Waals surface area contributed by atoms with Crippen molar-refractivity contribution in [3.05, 3.63) is 48.0 Å². The van der Waals surface area contributed by atoms with Crippen molar-refractivity contribution >= 4 is 10.8 Å². The molecule has 0 saturated heterocycles. The summed E-state index contributed by atoms with van der Waals surface area (Å²) in [4.78, 5) is 0. The molecule has 19 heavy (non-hydrogen) atoms. The largest absolute Gasteiger partial charge is 0.396 e. The molecule has 2 aromatic carbocycles. The third kappa shape index (κ3) is 3.55. The lowest BCUT2D eigenvalue weighted by molar-refractivity contribution is 0.154. The van der Waals surface area contributed by atoms with Gasteiger partial charge in [0.05, 0.1) is 0 Å². The molecule has 1 atom stereocenters. The number of hydrogen-bond donors (Lipinski definition) is 2. The normalized spacial score (nSPS) is 13.7. The van der Waals surface area contributed by atoms with Gasteiger partial charge in [0.25, 0.3) is 0 Å². The molecule has 1 unspecified atom stereocenters. The fraction of sp³-hybridized carbons (Fsp3) is 0.412. The van der Waals surface area contributed by atoms with Crippen molar-refractivity contribution in [3.8, 4) is 0 Å². The Kier molecular flexibility index (Phi) is 4.23. The second kappa shape index (κ2) is 5.72. The number of aliphatic hydroxyl groups is 1. The minimum absolute atomic E-state index is 0.0783. The number of aliphatic hydroxyl groups excluding tert-OH is 1. The summed E-state index contributed by atoms with van der Waals surface area (Å²) in [6.07, 6.45) is 0. The molecule has 0 heterocycles. The quantitative estimate of drug-likeness (QED) is 0.859. The molecular weight excluding hydrogens is 234 g/mol. The molecule has 0 amide bonds. The van der Waals surface area contributed by atoms with Gasteiger partial charge in [0.2, 0.25) is 0 Å². The number of benzene rings is 2. The summed E-state index contributed by atoms with van der Waals surface area (Å²) in [7, 11) is 0. The average Bonchev–Trinajstić information content (AvgIpc) is 2.44. The van der Waals surface area contributed by atoms with Crippen LogP contribution in [-0.2, 0) is 0 Å². The van der Waals surface area contributed by atoms with Gasteiger partial charge in [-0.2, -0.15) is 0 Å². The molecule has 0 bridgehead atoms. The first-order valence-corrected chi connectivity index (χ1v) is 6.85. The molecule has 2 rings (SSSR count). The summed E-state index contributed by atoms with van der Waals surface area (Å²) in [6, 6.07) is 15.3. The van der Waals surface area contributed by atoms with Crippen LogP contribution in [0, 0.1) is 5.41 Å². The first-order valence-electron chi connectivity index (χ1n) is 6.85. The monoisotopic (exact) mass is 257 g/mol. The molecule has 0 aliphatic heterocycles. The topological polar surface area (TPSA) is 32.3 Å². The van der Waals surface area contributed by atoms with E-state index in [2.05, 4.69) is 68.6 Å². The first-order chi connectivity index (χ1) is 9.02. The molecule has 0 aliphatic carbocycles. The molecule has 0 fully saturated rings. The number of rotatable bonds is 5. The summed E-state index contributed by atoms with van der Waals surface area (Å²) >= 11 is 0. The summed E-state index contributed by atoms with van der Waals surface area (Å²) in [5.74, 6) is 0. The van der Waals surface area contributed by atoms with Crippen LogP contribution in [0.15, 0.2) is 42.5 Å². The predicted octanol–water partition coefficient (Wildman–Crippen LogP) is 3.51. The van der Waals surface area contributed by atoms with Crippen LogP contribution in [0.5, 0.6) is 0 Å². The maximum absolute atomic E-state index is 9.28.